The van der Waals surface area contributed by atoms with Crippen molar-refractivity contribution >= 4 is 60.8 Å². The number of hydrogen-bond donors (Lipinski definition) is 0. The van der Waals surface area contributed by atoms with Crippen molar-refractivity contribution < 1.29 is 4.58 Å². The first-order valence-corrected chi connectivity index (χ1v) is 10.6. The van der Waals surface area contributed by atoms with Gasteiger partial charge in [0.25, 0.3) is 0 Å². The van der Waals surface area contributed by atoms with E-state index in [1.165, 1.54) is 47.6 Å². The maximum absolute atomic E-state index is 4.44. The summed E-state index contributed by atoms with van der Waals surface area (Å²) in [6.07, 6.45) is 4.47. The lowest BCUT2D eigenvalue weighted by atomic mass is 9.93. The Hall–Kier alpha value is -3.36. The molecule has 0 radical (unpaired) electrons. The van der Waals surface area contributed by atoms with Gasteiger partial charge in [0.2, 0.25) is 0 Å². The Morgan fingerprint density at radius 3 is 2.72 bits per heavy atom. The summed E-state index contributed by atoms with van der Waals surface area (Å²) in [5, 5.41) is 5.19. The average molecular weight is 390 g/mol. The van der Waals surface area contributed by atoms with Gasteiger partial charge in [-0.1, -0.05) is 65.6 Å². The number of rotatable bonds is 1. The molecule has 5 aromatic rings. The lowest BCUT2D eigenvalue weighted by Gasteiger charge is -2.23. The first-order valence-electron chi connectivity index (χ1n) is 9.80. The molecule has 2 heteroatoms. The summed E-state index contributed by atoms with van der Waals surface area (Å²) >= 11 is 1.87. The molecule has 0 atom stereocenters. The van der Waals surface area contributed by atoms with Crippen LogP contribution in [0.25, 0.3) is 37.0 Å². The zero-order chi connectivity index (χ0) is 19.5. The first-order chi connectivity index (χ1) is 14.2. The van der Waals surface area contributed by atoms with E-state index in [9.17, 15) is 0 Å². The van der Waals surface area contributed by atoms with Crippen LogP contribution in [0, 0.1) is 13.0 Å². The fourth-order valence-corrected chi connectivity index (χ4v) is 5.68. The maximum Gasteiger partial charge on any atom is 0.160 e. The molecule has 0 N–H and O–H groups in total. The highest BCUT2D eigenvalue weighted by molar-refractivity contribution is 7.26. The van der Waals surface area contributed by atoms with Gasteiger partial charge < -0.3 is 0 Å². The summed E-state index contributed by atoms with van der Waals surface area (Å²) in [4.78, 5) is 0. The number of fused-ring (bicyclic) bond motifs is 6. The number of thiophene rings is 1. The maximum atomic E-state index is 4.44. The summed E-state index contributed by atoms with van der Waals surface area (Å²) in [5.41, 5.74) is 4.92. The molecule has 2 heterocycles. The highest BCUT2D eigenvalue weighted by Gasteiger charge is 2.27. The third kappa shape index (κ3) is 2.39. The largest absolute Gasteiger partial charge is 0.248 e. The number of benzene rings is 4. The lowest BCUT2D eigenvalue weighted by Crippen LogP contribution is -2.16. The van der Waals surface area contributed by atoms with Gasteiger partial charge in [0, 0.05) is 5.56 Å². The van der Waals surface area contributed by atoms with Gasteiger partial charge in [-0.25, -0.2) is 4.58 Å². The van der Waals surface area contributed by atoms with Gasteiger partial charge in [0.05, 0.1) is 6.72 Å². The number of hydrogen-bond acceptors (Lipinski definition) is 0. The van der Waals surface area contributed by atoms with Crippen LogP contribution >= 0.6 is 11.3 Å². The molecule has 0 spiro atoms. The smallest absolute Gasteiger partial charge is 0.160 e. The Morgan fingerprint density at radius 1 is 0.931 bits per heavy atom. The molecule has 0 saturated heterocycles. The van der Waals surface area contributed by atoms with E-state index in [0.717, 1.165) is 11.7 Å². The second-order valence-corrected chi connectivity index (χ2v) is 8.71. The minimum absolute atomic E-state index is 1.15. The predicted octanol–water partition coefficient (Wildman–Crippen LogP) is 7.47. The van der Waals surface area contributed by atoms with Crippen LogP contribution in [0.2, 0.25) is 0 Å². The summed E-state index contributed by atoms with van der Waals surface area (Å²) in [5.74, 6) is 0. The van der Waals surface area contributed by atoms with Crippen molar-refractivity contribution in [3.8, 4) is 0 Å². The number of aryl methyl sites for hydroxylation is 1. The van der Waals surface area contributed by atoms with Crippen LogP contribution < -0.4 is 0 Å². The molecule has 1 aromatic heterocycles. The molecule has 0 aliphatic carbocycles. The molecule has 6 rings (SSSR count). The predicted molar refractivity (Wildman–Crippen MR) is 126 cm³/mol. The summed E-state index contributed by atoms with van der Waals surface area (Å²) in [7, 11) is 0. The van der Waals surface area contributed by atoms with E-state index in [1.54, 1.807) is 0 Å². The van der Waals surface area contributed by atoms with Crippen molar-refractivity contribution in [3.05, 3.63) is 102 Å². The van der Waals surface area contributed by atoms with Gasteiger partial charge in [-0.3, -0.25) is 0 Å². The molecule has 0 amide bonds. The molecular formula is C27H19NS. The van der Waals surface area contributed by atoms with Gasteiger partial charge in [-0.15, -0.1) is 18.2 Å². The minimum Gasteiger partial charge on any atom is -0.248 e. The Morgan fingerprint density at radius 2 is 1.79 bits per heavy atom. The van der Waals surface area contributed by atoms with Crippen molar-refractivity contribution in [2.75, 3.05) is 0 Å². The molecule has 1 aliphatic heterocycles. The second kappa shape index (κ2) is 6.07. The van der Waals surface area contributed by atoms with Gasteiger partial charge in [-0.05, 0) is 40.8 Å². The standard InChI is InChI=1S/C27H19NS/c1-17-15-22-21-9-5-6-10-26(21)29-27(22)23(16-17)25-14-12-20-19-8-4-3-7-18(19)11-13-24(20)28(25)2/h3-16H,2H2,1H3. The third-order valence-electron chi connectivity index (χ3n) is 5.84. The highest BCUT2D eigenvalue weighted by atomic mass is 32.1. The van der Waals surface area contributed by atoms with Crippen LogP contribution in [-0.2, 0) is 0 Å². The molecular weight excluding hydrogens is 370 g/mol. The Bertz CT molecular complexity index is 1490. The van der Waals surface area contributed by atoms with Crippen LogP contribution in [0.5, 0.6) is 0 Å². The van der Waals surface area contributed by atoms with Gasteiger partial charge in [-0.2, -0.15) is 0 Å². The summed E-state index contributed by atoms with van der Waals surface area (Å²) in [6, 6.07) is 27.3. The van der Waals surface area contributed by atoms with E-state index in [4.69, 9.17) is 0 Å². The Balaban J connectivity index is 1.59. The van der Waals surface area contributed by atoms with E-state index in [1.807, 2.05) is 11.3 Å². The topological polar surface area (TPSA) is 3.01 Å². The highest BCUT2D eigenvalue weighted by Crippen LogP contribution is 2.43. The van der Waals surface area contributed by atoms with Crippen molar-refractivity contribution in [1.29, 1.82) is 0 Å². The zero-order valence-corrected chi connectivity index (χ0v) is 17.0. The van der Waals surface area contributed by atoms with Crippen molar-refractivity contribution in [1.82, 2.24) is 0 Å². The minimum atomic E-state index is 1.15. The normalized spacial score (nSPS) is 13.6. The van der Waals surface area contributed by atoms with Gasteiger partial charge in [0.1, 0.15) is 11.3 Å². The third-order valence-corrected chi connectivity index (χ3v) is 7.06. The Labute approximate surface area is 173 Å². The fourth-order valence-electron chi connectivity index (χ4n) is 4.47. The molecule has 0 saturated carbocycles. The molecule has 0 bridgehead atoms. The molecule has 1 aliphatic rings. The second-order valence-electron chi connectivity index (χ2n) is 7.65. The first kappa shape index (κ1) is 16.6. The van der Waals surface area contributed by atoms with E-state index in [-0.39, 0.29) is 0 Å². The lowest BCUT2D eigenvalue weighted by molar-refractivity contribution is -0.400. The average Bonchev–Trinajstić information content (AvgIpc) is 3.12. The van der Waals surface area contributed by atoms with E-state index in [0.29, 0.717) is 0 Å². The SMILES string of the molecule is C=[N+]1c2ccc3ccccc3c2C=C[C-]1c1cc(C)cc2c1[s+][c-]1ccccc21. The quantitative estimate of drug-likeness (QED) is 0.159. The summed E-state index contributed by atoms with van der Waals surface area (Å²) < 4.78 is 4.76. The van der Waals surface area contributed by atoms with E-state index in [2.05, 4.69) is 103 Å². The molecule has 29 heavy (non-hydrogen) atoms. The zero-order valence-electron chi connectivity index (χ0n) is 16.1. The molecule has 0 fully saturated rings. The van der Waals surface area contributed by atoms with Crippen molar-refractivity contribution in [2.24, 2.45) is 0 Å². The number of nitrogens with zero attached hydrogens (tertiary/aromatic N) is 1. The van der Waals surface area contributed by atoms with E-state index >= 15 is 0 Å². The van der Waals surface area contributed by atoms with Crippen molar-refractivity contribution in [3.63, 3.8) is 0 Å². The van der Waals surface area contributed by atoms with Crippen LogP contribution in [0.15, 0.2) is 78.9 Å². The van der Waals surface area contributed by atoms with Gasteiger partial charge in [0.15, 0.2) is 21.1 Å². The molecule has 1 nitrogen and oxygen atoms in total. The van der Waals surface area contributed by atoms with Crippen molar-refractivity contribution in [2.45, 2.75) is 6.92 Å². The molecule has 0 unspecified atom stereocenters. The fraction of sp³-hybridized carbons (Fsp3) is 0.0370. The van der Waals surface area contributed by atoms with Gasteiger partial charge >= 0.3 is 0 Å². The Kier molecular flexibility index (Phi) is 3.47. The summed E-state index contributed by atoms with van der Waals surface area (Å²) in [6.45, 7) is 6.62. The van der Waals surface area contributed by atoms with Crippen LogP contribution in [0.1, 0.15) is 16.7 Å². The van der Waals surface area contributed by atoms with Crippen LogP contribution in [0.4, 0.5) is 5.69 Å². The monoisotopic (exact) mass is 389 g/mol. The molecule has 4 aromatic carbocycles. The van der Waals surface area contributed by atoms with Crippen LogP contribution in [-0.4, -0.2) is 11.3 Å². The van der Waals surface area contributed by atoms with Crippen LogP contribution in [0.3, 0.4) is 0 Å². The molecule has 138 valence electrons. The van der Waals surface area contributed by atoms with E-state index < -0.39 is 0 Å².